The lowest BCUT2D eigenvalue weighted by atomic mass is 10.2. The van der Waals surface area contributed by atoms with E-state index in [1.807, 2.05) is 0 Å². The van der Waals surface area contributed by atoms with E-state index in [4.69, 9.17) is 0 Å². The summed E-state index contributed by atoms with van der Waals surface area (Å²) in [5.74, 6) is -0.0280. The molecule has 0 amide bonds. The topological polar surface area (TPSA) is 70.9 Å². The SMILES string of the molecule is Oc1ccccc1CNc1cc(C(F)(F)F)nc(-c2cccnc2)n1. The minimum absolute atomic E-state index is 0.00410. The van der Waals surface area contributed by atoms with Gasteiger partial charge in [0.05, 0.1) is 0 Å². The van der Waals surface area contributed by atoms with Gasteiger partial charge in [-0.05, 0) is 18.2 Å². The number of nitrogens with one attached hydrogen (secondary N) is 1. The van der Waals surface area contributed by atoms with Crippen molar-refractivity contribution in [3.05, 3.63) is 66.1 Å². The van der Waals surface area contributed by atoms with Crippen LogP contribution in [0.3, 0.4) is 0 Å². The summed E-state index contributed by atoms with van der Waals surface area (Å²) in [7, 11) is 0. The van der Waals surface area contributed by atoms with Crippen molar-refractivity contribution in [3.63, 3.8) is 0 Å². The predicted octanol–water partition coefficient (Wildman–Crippen LogP) is 3.88. The quantitative estimate of drug-likeness (QED) is 0.750. The van der Waals surface area contributed by atoms with Crippen LogP contribution in [0.25, 0.3) is 11.4 Å². The summed E-state index contributed by atoms with van der Waals surface area (Å²) < 4.78 is 39.4. The van der Waals surface area contributed by atoms with E-state index in [2.05, 4.69) is 20.3 Å². The van der Waals surface area contributed by atoms with Gasteiger partial charge in [-0.1, -0.05) is 18.2 Å². The van der Waals surface area contributed by atoms with Gasteiger partial charge in [-0.2, -0.15) is 13.2 Å². The van der Waals surface area contributed by atoms with Crippen LogP contribution in [0.4, 0.5) is 19.0 Å². The standard InChI is InChI=1S/C17H13F3N4O/c18-17(19,20)14-8-15(22-10-11-4-1-2-6-13(11)25)24-16(23-14)12-5-3-7-21-9-12/h1-9,25H,10H2,(H,22,23,24). The smallest absolute Gasteiger partial charge is 0.433 e. The van der Waals surface area contributed by atoms with Crippen molar-refractivity contribution >= 4 is 5.82 Å². The molecule has 0 spiro atoms. The third kappa shape index (κ3) is 4.03. The number of nitrogens with zero attached hydrogens (tertiary/aromatic N) is 3. The maximum atomic E-state index is 13.1. The third-order valence-corrected chi connectivity index (χ3v) is 3.39. The Morgan fingerprint density at radius 1 is 1.04 bits per heavy atom. The Labute approximate surface area is 141 Å². The summed E-state index contributed by atoms with van der Waals surface area (Å²) in [4.78, 5) is 11.6. The molecule has 0 aliphatic carbocycles. The minimum atomic E-state index is -4.61. The van der Waals surface area contributed by atoms with E-state index < -0.39 is 11.9 Å². The van der Waals surface area contributed by atoms with Crippen LogP contribution in [0.5, 0.6) is 5.75 Å². The summed E-state index contributed by atoms with van der Waals surface area (Å²) in [6, 6.07) is 10.5. The average molecular weight is 346 g/mol. The highest BCUT2D eigenvalue weighted by atomic mass is 19.4. The number of para-hydroxylation sites is 1. The molecule has 0 bridgehead atoms. The van der Waals surface area contributed by atoms with Gasteiger partial charge in [0.1, 0.15) is 11.6 Å². The summed E-state index contributed by atoms with van der Waals surface area (Å²) >= 11 is 0. The number of anilines is 1. The van der Waals surface area contributed by atoms with E-state index in [9.17, 15) is 18.3 Å². The van der Waals surface area contributed by atoms with Crippen LogP contribution in [-0.2, 0) is 12.7 Å². The number of rotatable bonds is 4. The normalized spacial score (nSPS) is 11.3. The number of phenolic OH excluding ortho intramolecular Hbond substituents is 1. The van der Waals surface area contributed by atoms with Gasteiger partial charge in [0, 0.05) is 36.1 Å². The van der Waals surface area contributed by atoms with Gasteiger partial charge in [-0.25, -0.2) is 9.97 Å². The fourth-order valence-electron chi connectivity index (χ4n) is 2.15. The third-order valence-electron chi connectivity index (χ3n) is 3.39. The molecule has 0 saturated carbocycles. The Kier molecular flexibility index (Phi) is 4.51. The molecule has 0 fully saturated rings. The Morgan fingerprint density at radius 2 is 1.84 bits per heavy atom. The maximum absolute atomic E-state index is 13.1. The second kappa shape index (κ2) is 6.76. The second-order valence-electron chi connectivity index (χ2n) is 5.18. The van der Waals surface area contributed by atoms with Crippen molar-refractivity contribution in [1.82, 2.24) is 15.0 Å². The molecule has 2 aromatic heterocycles. The van der Waals surface area contributed by atoms with Crippen molar-refractivity contribution in [1.29, 1.82) is 0 Å². The van der Waals surface area contributed by atoms with E-state index in [1.165, 1.54) is 18.5 Å². The molecule has 1 aromatic carbocycles. The summed E-state index contributed by atoms with van der Waals surface area (Å²) in [6.45, 7) is 0.119. The minimum Gasteiger partial charge on any atom is -0.508 e. The van der Waals surface area contributed by atoms with Crippen molar-refractivity contribution in [2.24, 2.45) is 0 Å². The van der Waals surface area contributed by atoms with E-state index >= 15 is 0 Å². The lowest BCUT2D eigenvalue weighted by molar-refractivity contribution is -0.141. The molecule has 3 aromatic rings. The van der Waals surface area contributed by atoms with Crippen molar-refractivity contribution < 1.29 is 18.3 Å². The Bertz CT molecular complexity index is 869. The number of phenols is 1. The van der Waals surface area contributed by atoms with Crippen LogP contribution < -0.4 is 5.32 Å². The number of hydrogen-bond donors (Lipinski definition) is 2. The lowest BCUT2D eigenvalue weighted by Gasteiger charge is -2.12. The lowest BCUT2D eigenvalue weighted by Crippen LogP contribution is -2.12. The Morgan fingerprint density at radius 3 is 2.52 bits per heavy atom. The van der Waals surface area contributed by atoms with Crippen LogP contribution in [0.1, 0.15) is 11.3 Å². The van der Waals surface area contributed by atoms with Gasteiger partial charge < -0.3 is 10.4 Å². The van der Waals surface area contributed by atoms with Crippen molar-refractivity contribution in [2.75, 3.05) is 5.32 Å². The predicted molar refractivity (Wildman–Crippen MR) is 85.7 cm³/mol. The monoisotopic (exact) mass is 346 g/mol. The summed E-state index contributed by atoms with van der Waals surface area (Å²) in [6.07, 6.45) is -1.71. The number of aromatic nitrogens is 3. The molecule has 8 heteroatoms. The molecular weight excluding hydrogens is 333 g/mol. The highest BCUT2D eigenvalue weighted by molar-refractivity contribution is 5.56. The number of alkyl halides is 3. The molecule has 2 N–H and O–H groups in total. The molecule has 3 rings (SSSR count). The number of pyridine rings is 1. The highest BCUT2D eigenvalue weighted by Crippen LogP contribution is 2.31. The molecule has 0 atom stereocenters. The number of benzene rings is 1. The first kappa shape index (κ1) is 16.7. The molecule has 5 nitrogen and oxygen atoms in total. The zero-order chi connectivity index (χ0) is 17.9. The largest absolute Gasteiger partial charge is 0.508 e. The van der Waals surface area contributed by atoms with Crippen molar-refractivity contribution in [2.45, 2.75) is 12.7 Å². The highest BCUT2D eigenvalue weighted by Gasteiger charge is 2.33. The van der Waals surface area contributed by atoms with Crippen LogP contribution in [0.2, 0.25) is 0 Å². The van der Waals surface area contributed by atoms with E-state index in [0.29, 0.717) is 11.1 Å². The van der Waals surface area contributed by atoms with Crippen LogP contribution in [0.15, 0.2) is 54.9 Å². The molecule has 0 radical (unpaired) electrons. The number of hydrogen-bond acceptors (Lipinski definition) is 5. The summed E-state index contributed by atoms with van der Waals surface area (Å²) in [5, 5.41) is 12.5. The molecule has 0 saturated heterocycles. The van der Waals surface area contributed by atoms with Gasteiger partial charge in [0.15, 0.2) is 11.5 Å². The second-order valence-corrected chi connectivity index (χ2v) is 5.18. The van der Waals surface area contributed by atoms with Gasteiger partial charge >= 0.3 is 6.18 Å². The van der Waals surface area contributed by atoms with Crippen LogP contribution in [-0.4, -0.2) is 20.1 Å². The van der Waals surface area contributed by atoms with E-state index in [0.717, 1.165) is 6.07 Å². The maximum Gasteiger partial charge on any atom is 0.433 e. The summed E-state index contributed by atoms with van der Waals surface area (Å²) in [5.41, 5.74) is -0.141. The van der Waals surface area contributed by atoms with Gasteiger partial charge in [-0.3, -0.25) is 4.98 Å². The van der Waals surface area contributed by atoms with Gasteiger partial charge in [0.25, 0.3) is 0 Å². The van der Waals surface area contributed by atoms with E-state index in [-0.39, 0.29) is 23.9 Å². The van der Waals surface area contributed by atoms with E-state index in [1.54, 1.807) is 30.3 Å². The molecule has 0 unspecified atom stereocenters. The Hall–Kier alpha value is -3.16. The zero-order valence-electron chi connectivity index (χ0n) is 12.8. The van der Waals surface area contributed by atoms with Crippen LogP contribution >= 0.6 is 0 Å². The van der Waals surface area contributed by atoms with Crippen molar-refractivity contribution in [3.8, 4) is 17.1 Å². The number of aromatic hydroxyl groups is 1. The fourth-order valence-corrected chi connectivity index (χ4v) is 2.15. The fraction of sp³-hybridized carbons (Fsp3) is 0.118. The molecule has 0 aliphatic heterocycles. The van der Waals surface area contributed by atoms with Gasteiger partial charge in [-0.15, -0.1) is 0 Å². The first-order valence-electron chi connectivity index (χ1n) is 7.31. The Balaban J connectivity index is 1.94. The molecule has 2 heterocycles. The molecule has 25 heavy (non-hydrogen) atoms. The van der Waals surface area contributed by atoms with Gasteiger partial charge in [0.2, 0.25) is 0 Å². The number of halogens is 3. The van der Waals surface area contributed by atoms with Crippen LogP contribution in [0, 0.1) is 0 Å². The molecule has 0 aliphatic rings. The molecular formula is C17H13F3N4O. The first-order valence-corrected chi connectivity index (χ1v) is 7.31. The first-order chi connectivity index (χ1) is 11.9. The molecule has 128 valence electrons. The zero-order valence-corrected chi connectivity index (χ0v) is 12.8. The average Bonchev–Trinajstić information content (AvgIpc) is 2.61.